The molecule has 0 N–H and O–H groups in total. The molecule has 0 amide bonds. The van der Waals surface area contributed by atoms with Gasteiger partial charge in [0, 0.05) is 11.5 Å². The average molecular weight is 221 g/mol. The molecule has 0 aliphatic carbocycles. The minimum Gasteiger partial charge on any atom is -0.361 e. The van der Waals surface area contributed by atoms with Crippen LogP contribution in [0.5, 0.6) is 0 Å². The van der Waals surface area contributed by atoms with Crippen LogP contribution in [0.4, 0.5) is 3.89 Å². The number of hydrogen-bond donors (Lipinski definition) is 0. The molecule has 14 heavy (non-hydrogen) atoms. The molecule has 1 heterocycles. The molecular formula is C8H12FNO3S. The molecule has 0 saturated carbocycles. The summed E-state index contributed by atoms with van der Waals surface area (Å²) in [5, 5.41) is 3.47. The van der Waals surface area contributed by atoms with E-state index in [-0.39, 0.29) is 11.1 Å². The predicted molar refractivity (Wildman–Crippen MR) is 48.9 cm³/mol. The standard InChI is InChI=1S/C8H12FNO3S/c1-8(2,3)7-4-6(10-13-7)5-14(9,11)12/h4H,5H2,1-3H3. The molecular weight excluding hydrogens is 209 g/mol. The van der Waals surface area contributed by atoms with Crippen LogP contribution >= 0.6 is 0 Å². The van der Waals surface area contributed by atoms with Crippen molar-refractivity contribution in [1.82, 2.24) is 5.16 Å². The third-order valence-electron chi connectivity index (χ3n) is 1.62. The van der Waals surface area contributed by atoms with E-state index in [1.54, 1.807) is 0 Å². The largest absolute Gasteiger partial charge is 0.361 e. The van der Waals surface area contributed by atoms with E-state index < -0.39 is 16.0 Å². The highest BCUT2D eigenvalue weighted by Crippen LogP contribution is 2.23. The van der Waals surface area contributed by atoms with Gasteiger partial charge in [0.25, 0.3) is 0 Å². The summed E-state index contributed by atoms with van der Waals surface area (Å²) in [5.74, 6) is -0.191. The van der Waals surface area contributed by atoms with Gasteiger partial charge in [0.1, 0.15) is 17.2 Å². The van der Waals surface area contributed by atoms with E-state index in [9.17, 15) is 12.3 Å². The molecule has 0 bridgehead atoms. The maximum absolute atomic E-state index is 12.3. The fourth-order valence-corrected chi connectivity index (χ4v) is 1.40. The Morgan fingerprint density at radius 1 is 1.50 bits per heavy atom. The van der Waals surface area contributed by atoms with E-state index in [1.807, 2.05) is 20.8 Å². The summed E-state index contributed by atoms with van der Waals surface area (Å²) >= 11 is 0. The number of nitrogens with zero attached hydrogens (tertiary/aromatic N) is 1. The third-order valence-corrected chi connectivity index (χ3v) is 2.26. The topological polar surface area (TPSA) is 60.2 Å². The molecule has 1 aromatic heterocycles. The minimum atomic E-state index is -4.53. The Morgan fingerprint density at radius 2 is 2.07 bits per heavy atom. The number of aromatic nitrogens is 1. The monoisotopic (exact) mass is 221 g/mol. The summed E-state index contributed by atoms with van der Waals surface area (Å²) in [6, 6.07) is 1.46. The zero-order chi connectivity index (χ0) is 11.0. The first kappa shape index (κ1) is 11.2. The Balaban J connectivity index is 2.90. The second kappa shape index (κ2) is 3.34. The SMILES string of the molecule is CC(C)(C)c1cc(CS(=O)(=O)F)no1. The van der Waals surface area contributed by atoms with Crippen molar-refractivity contribution < 1.29 is 16.8 Å². The Labute approximate surface area is 82.3 Å². The van der Waals surface area contributed by atoms with Crippen molar-refractivity contribution in [1.29, 1.82) is 0 Å². The fourth-order valence-electron chi connectivity index (χ4n) is 0.910. The Bertz CT molecular complexity index is 416. The van der Waals surface area contributed by atoms with Gasteiger partial charge in [-0.2, -0.15) is 8.42 Å². The van der Waals surface area contributed by atoms with Gasteiger partial charge in [-0.3, -0.25) is 0 Å². The van der Waals surface area contributed by atoms with Crippen LogP contribution in [0.3, 0.4) is 0 Å². The Morgan fingerprint density at radius 3 is 2.43 bits per heavy atom. The van der Waals surface area contributed by atoms with E-state index in [1.165, 1.54) is 6.07 Å². The summed E-state index contributed by atoms with van der Waals surface area (Å²) in [6.45, 7) is 5.67. The first-order valence-corrected chi connectivity index (χ1v) is 5.62. The van der Waals surface area contributed by atoms with Crippen molar-refractivity contribution in [3.05, 3.63) is 17.5 Å². The van der Waals surface area contributed by atoms with Crippen molar-refractivity contribution in [3.63, 3.8) is 0 Å². The van der Waals surface area contributed by atoms with Crippen molar-refractivity contribution in [2.75, 3.05) is 0 Å². The first-order chi connectivity index (χ1) is 6.18. The van der Waals surface area contributed by atoms with Gasteiger partial charge in [-0.1, -0.05) is 25.9 Å². The zero-order valence-corrected chi connectivity index (χ0v) is 9.06. The quantitative estimate of drug-likeness (QED) is 0.714. The van der Waals surface area contributed by atoms with Crippen LogP contribution in [-0.4, -0.2) is 13.6 Å². The van der Waals surface area contributed by atoms with Gasteiger partial charge < -0.3 is 4.52 Å². The van der Waals surface area contributed by atoms with E-state index in [4.69, 9.17) is 4.52 Å². The van der Waals surface area contributed by atoms with Crippen molar-refractivity contribution in [2.24, 2.45) is 0 Å². The number of rotatable bonds is 2. The van der Waals surface area contributed by atoms with E-state index in [0.29, 0.717) is 5.76 Å². The first-order valence-electron chi connectivity index (χ1n) is 4.07. The molecule has 0 atom stereocenters. The maximum Gasteiger partial charge on any atom is 0.308 e. The Kier molecular flexibility index (Phi) is 2.67. The van der Waals surface area contributed by atoms with Crippen molar-refractivity contribution in [3.8, 4) is 0 Å². The summed E-state index contributed by atoms with van der Waals surface area (Å²) < 4.78 is 37.8. The summed E-state index contributed by atoms with van der Waals surface area (Å²) in [7, 11) is -4.53. The average Bonchev–Trinajstić information content (AvgIpc) is 2.29. The van der Waals surface area contributed by atoms with Crippen molar-refractivity contribution in [2.45, 2.75) is 31.9 Å². The number of halogens is 1. The van der Waals surface area contributed by atoms with E-state index in [0.717, 1.165) is 0 Å². The molecule has 0 saturated heterocycles. The highest BCUT2D eigenvalue weighted by atomic mass is 32.3. The van der Waals surface area contributed by atoms with Crippen LogP contribution in [0.25, 0.3) is 0 Å². The predicted octanol–water partition coefficient (Wildman–Crippen LogP) is 1.77. The van der Waals surface area contributed by atoms with Crippen LogP contribution in [0, 0.1) is 0 Å². The molecule has 1 aromatic rings. The molecule has 0 fully saturated rings. The normalized spacial score (nSPS) is 13.1. The van der Waals surface area contributed by atoms with Gasteiger partial charge in [0.05, 0.1) is 0 Å². The molecule has 0 radical (unpaired) electrons. The fraction of sp³-hybridized carbons (Fsp3) is 0.625. The highest BCUT2D eigenvalue weighted by molar-refractivity contribution is 7.85. The zero-order valence-electron chi connectivity index (χ0n) is 8.24. The van der Waals surface area contributed by atoms with Gasteiger partial charge in [-0.15, -0.1) is 3.89 Å². The molecule has 0 unspecified atom stereocenters. The van der Waals surface area contributed by atoms with Gasteiger partial charge >= 0.3 is 10.2 Å². The molecule has 0 spiro atoms. The smallest absolute Gasteiger partial charge is 0.308 e. The molecule has 4 nitrogen and oxygen atoms in total. The molecule has 6 heteroatoms. The third kappa shape index (κ3) is 3.10. The van der Waals surface area contributed by atoms with E-state index in [2.05, 4.69) is 5.16 Å². The highest BCUT2D eigenvalue weighted by Gasteiger charge is 2.21. The van der Waals surface area contributed by atoms with Gasteiger partial charge in [-0.25, -0.2) is 0 Å². The molecule has 0 aliphatic rings. The summed E-state index contributed by atoms with van der Waals surface area (Å²) in [6.07, 6.45) is 0. The molecule has 0 aromatic carbocycles. The van der Waals surface area contributed by atoms with Crippen LogP contribution < -0.4 is 0 Å². The van der Waals surface area contributed by atoms with Gasteiger partial charge in [-0.05, 0) is 0 Å². The van der Waals surface area contributed by atoms with Crippen LogP contribution in [0.2, 0.25) is 0 Å². The summed E-state index contributed by atoms with van der Waals surface area (Å²) in [5.41, 5.74) is -0.164. The molecule has 0 aliphatic heterocycles. The second-order valence-corrected chi connectivity index (χ2v) is 5.48. The lowest BCUT2D eigenvalue weighted by Gasteiger charge is -2.12. The van der Waals surface area contributed by atoms with Gasteiger partial charge in [0.15, 0.2) is 0 Å². The summed E-state index contributed by atoms with van der Waals surface area (Å²) in [4.78, 5) is 0. The Hall–Kier alpha value is -0.910. The second-order valence-electron chi connectivity index (χ2n) is 4.12. The van der Waals surface area contributed by atoms with E-state index >= 15 is 0 Å². The minimum absolute atomic E-state index is 0.0948. The van der Waals surface area contributed by atoms with Gasteiger partial charge in [0.2, 0.25) is 0 Å². The lowest BCUT2D eigenvalue weighted by atomic mass is 9.93. The maximum atomic E-state index is 12.3. The molecule has 80 valence electrons. The molecule has 1 rings (SSSR count). The van der Waals surface area contributed by atoms with Crippen LogP contribution in [0.1, 0.15) is 32.2 Å². The lowest BCUT2D eigenvalue weighted by molar-refractivity contribution is 0.326. The van der Waals surface area contributed by atoms with Crippen molar-refractivity contribution >= 4 is 10.2 Å². The number of hydrogen-bond acceptors (Lipinski definition) is 4. The lowest BCUT2D eigenvalue weighted by Crippen LogP contribution is -2.09. The van der Waals surface area contributed by atoms with Crippen LogP contribution in [-0.2, 0) is 21.4 Å². The van der Waals surface area contributed by atoms with Crippen LogP contribution in [0.15, 0.2) is 10.6 Å².